The van der Waals surface area contributed by atoms with Crippen molar-refractivity contribution in [2.75, 3.05) is 19.4 Å². The van der Waals surface area contributed by atoms with Crippen LogP contribution in [0, 0.1) is 0 Å². The van der Waals surface area contributed by atoms with Gasteiger partial charge in [-0.05, 0) is 5.56 Å². The number of ether oxygens (including phenoxy) is 1. The molecule has 0 aromatic heterocycles. The molecule has 0 saturated carbocycles. The molecule has 0 saturated heterocycles. The van der Waals surface area contributed by atoms with Crippen molar-refractivity contribution >= 4 is 16.0 Å². The lowest BCUT2D eigenvalue weighted by molar-refractivity contribution is -0.137. The third kappa shape index (κ3) is 4.82. The standard InChI is InChI=1S/C11H15NO5S/c1-17-11(14)8-18(15,16)12-7-10(13)9-5-3-2-4-6-9/h2-6,10,12-13H,7-8H2,1H3. The van der Waals surface area contributed by atoms with Gasteiger partial charge >= 0.3 is 5.97 Å². The largest absolute Gasteiger partial charge is 0.468 e. The second kappa shape index (κ2) is 6.48. The molecule has 1 rings (SSSR count). The van der Waals surface area contributed by atoms with Crippen LogP contribution in [-0.2, 0) is 19.6 Å². The Hall–Kier alpha value is -1.44. The van der Waals surface area contributed by atoms with Crippen LogP contribution >= 0.6 is 0 Å². The Labute approximate surface area is 106 Å². The van der Waals surface area contributed by atoms with Crippen LogP contribution in [0.5, 0.6) is 0 Å². The van der Waals surface area contributed by atoms with E-state index < -0.39 is 27.8 Å². The first-order valence-electron chi connectivity index (χ1n) is 5.22. The second-order valence-corrected chi connectivity index (χ2v) is 5.42. The first kappa shape index (κ1) is 14.6. The third-order valence-electron chi connectivity index (χ3n) is 2.22. The van der Waals surface area contributed by atoms with Crippen molar-refractivity contribution in [3.8, 4) is 0 Å². The van der Waals surface area contributed by atoms with Gasteiger partial charge in [-0.25, -0.2) is 13.1 Å². The van der Waals surface area contributed by atoms with E-state index in [0.717, 1.165) is 7.11 Å². The van der Waals surface area contributed by atoms with E-state index in [1.54, 1.807) is 30.3 Å². The van der Waals surface area contributed by atoms with E-state index >= 15 is 0 Å². The van der Waals surface area contributed by atoms with Crippen molar-refractivity contribution in [1.29, 1.82) is 0 Å². The van der Waals surface area contributed by atoms with Crippen LogP contribution < -0.4 is 4.72 Å². The molecule has 0 bridgehead atoms. The second-order valence-electron chi connectivity index (χ2n) is 3.61. The Balaban J connectivity index is 2.53. The van der Waals surface area contributed by atoms with Gasteiger partial charge in [0.15, 0.2) is 5.75 Å². The molecule has 0 aliphatic carbocycles. The molecule has 1 atom stereocenters. The molecule has 0 spiro atoms. The number of esters is 1. The number of nitrogens with one attached hydrogen (secondary N) is 1. The first-order chi connectivity index (χ1) is 8.44. The Morgan fingerprint density at radius 3 is 2.56 bits per heavy atom. The van der Waals surface area contributed by atoms with Gasteiger partial charge in [-0.1, -0.05) is 30.3 Å². The zero-order valence-corrected chi connectivity index (χ0v) is 10.7. The predicted molar refractivity (Wildman–Crippen MR) is 65.2 cm³/mol. The van der Waals surface area contributed by atoms with E-state index in [-0.39, 0.29) is 6.54 Å². The normalized spacial score (nSPS) is 13.0. The number of carbonyl (C=O) groups is 1. The summed E-state index contributed by atoms with van der Waals surface area (Å²) in [7, 11) is -2.67. The molecular formula is C11H15NO5S. The lowest BCUT2D eigenvalue weighted by Crippen LogP contribution is -2.33. The maximum atomic E-state index is 11.4. The van der Waals surface area contributed by atoms with Gasteiger partial charge in [0.2, 0.25) is 10.0 Å². The Kier molecular flexibility index (Phi) is 5.26. The number of hydrogen-bond donors (Lipinski definition) is 2. The van der Waals surface area contributed by atoms with Gasteiger partial charge in [-0.3, -0.25) is 4.79 Å². The minimum Gasteiger partial charge on any atom is -0.468 e. The van der Waals surface area contributed by atoms with E-state index in [4.69, 9.17) is 0 Å². The number of aliphatic hydroxyl groups excluding tert-OH is 1. The van der Waals surface area contributed by atoms with E-state index in [9.17, 15) is 18.3 Å². The maximum Gasteiger partial charge on any atom is 0.322 e. The Morgan fingerprint density at radius 1 is 1.39 bits per heavy atom. The lowest BCUT2D eigenvalue weighted by atomic mass is 10.1. The van der Waals surface area contributed by atoms with Gasteiger partial charge < -0.3 is 9.84 Å². The lowest BCUT2D eigenvalue weighted by Gasteiger charge is -2.12. The number of hydrogen-bond acceptors (Lipinski definition) is 5. The summed E-state index contributed by atoms with van der Waals surface area (Å²) in [5.74, 6) is -1.61. The molecule has 0 aliphatic heterocycles. The van der Waals surface area contributed by atoms with Crippen LogP contribution in [0.3, 0.4) is 0 Å². The van der Waals surface area contributed by atoms with Crippen molar-refractivity contribution in [2.45, 2.75) is 6.10 Å². The average Bonchev–Trinajstić information content (AvgIpc) is 2.36. The molecule has 0 heterocycles. The van der Waals surface area contributed by atoms with Crippen LogP contribution in [0.4, 0.5) is 0 Å². The van der Waals surface area contributed by atoms with E-state index in [1.165, 1.54) is 0 Å². The van der Waals surface area contributed by atoms with Gasteiger partial charge in [-0.2, -0.15) is 0 Å². The topological polar surface area (TPSA) is 92.7 Å². The molecule has 1 aromatic carbocycles. The molecule has 0 aliphatic rings. The van der Waals surface area contributed by atoms with E-state index in [0.29, 0.717) is 5.56 Å². The van der Waals surface area contributed by atoms with Gasteiger partial charge in [0.25, 0.3) is 0 Å². The maximum absolute atomic E-state index is 11.4. The number of carbonyl (C=O) groups excluding carboxylic acids is 1. The van der Waals surface area contributed by atoms with Crippen LogP contribution in [0.1, 0.15) is 11.7 Å². The molecule has 1 unspecified atom stereocenters. The fourth-order valence-electron chi connectivity index (χ4n) is 1.26. The van der Waals surface area contributed by atoms with Gasteiger partial charge in [0.05, 0.1) is 13.2 Å². The van der Waals surface area contributed by atoms with Crippen molar-refractivity contribution in [1.82, 2.24) is 4.72 Å². The molecule has 0 fully saturated rings. The highest BCUT2D eigenvalue weighted by Gasteiger charge is 2.18. The SMILES string of the molecule is COC(=O)CS(=O)(=O)NCC(O)c1ccccc1. The minimum atomic E-state index is -3.78. The van der Waals surface area contributed by atoms with Crippen molar-refractivity contribution in [2.24, 2.45) is 0 Å². The zero-order chi connectivity index (χ0) is 13.6. The van der Waals surface area contributed by atoms with Crippen LogP contribution in [0.15, 0.2) is 30.3 Å². The Bertz CT molecular complexity index is 485. The summed E-state index contributed by atoms with van der Waals surface area (Å²) in [4.78, 5) is 10.8. The number of methoxy groups -OCH3 is 1. The molecule has 0 radical (unpaired) electrons. The fourth-order valence-corrected chi connectivity index (χ4v) is 2.21. The molecule has 6 nitrogen and oxygen atoms in total. The Morgan fingerprint density at radius 2 is 2.00 bits per heavy atom. The molecule has 1 aromatic rings. The highest BCUT2D eigenvalue weighted by molar-refractivity contribution is 7.90. The number of rotatable bonds is 6. The summed E-state index contributed by atoms with van der Waals surface area (Å²) in [5, 5.41) is 9.73. The van der Waals surface area contributed by atoms with Gasteiger partial charge in [-0.15, -0.1) is 0 Å². The van der Waals surface area contributed by atoms with E-state index in [1.807, 2.05) is 0 Å². The quantitative estimate of drug-likeness (QED) is 0.701. The fraction of sp³-hybridized carbons (Fsp3) is 0.364. The summed E-state index contributed by atoms with van der Waals surface area (Å²) in [5.41, 5.74) is 0.596. The van der Waals surface area contributed by atoms with Crippen LogP contribution in [-0.4, -0.2) is 38.9 Å². The third-order valence-corrected chi connectivity index (χ3v) is 3.44. The summed E-state index contributed by atoms with van der Waals surface area (Å²) in [6.45, 7) is -0.191. The van der Waals surface area contributed by atoms with Crippen molar-refractivity contribution < 1.29 is 23.1 Å². The zero-order valence-electron chi connectivity index (χ0n) is 9.87. The van der Waals surface area contributed by atoms with E-state index in [2.05, 4.69) is 9.46 Å². The number of benzene rings is 1. The highest BCUT2D eigenvalue weighted by atomic mass is 32.2. The molecule has 2 N–H and O–H groups in total. The minimum absolute atomic E-state index is 0.191. The number of sulfonamides is 1. The highest BCUT2D eigenvalue weighted by Crippen LogP contribution is 2.10. The summed E-state index contributed by atoms with van der Waals surface area (Å²) < 4.78 is 29.2. The monoisotopic (exact) mass is 273 g/mol. The van der Waals surface area contributed by atoms with Crippen LogP contribution in [0.25, 0.3) is 0 Å². The summed E-state index contributed by atoms with van der Waals surface area (Å²) in [6.07, 6.45) is -0.960. The van der Waals surface area contributed by atoms with Crippen molar-refractivity contribution in [3.63, 3.8) is 0 Å². The van der Waals surface area contributed by atoms with Gasteiger partial charge in [0, 0.05) is 6.54 Å². The average molecular weight is 273 g/mol. The molecule has 100 valence electrons. The predicted octanol–water partition coefficient (Wildman–Crippen LogP) is -0.188. The number of aliphatic hydroxyl groups is 1. The summed E-state index contributed by atoms with van der Waals surface area (Å²) in [6, 6.07) is 8.62. The smallest absolute Gasteiger partial charge is 0.322 e. The molecule has 7 heteroatoms. The van der Waals surface area contributed by atoms with Crippen molar-refractivity contribution in [3.05, 3.63) is 35.9 Å². The summed E-state index contributed by atoms with van der Waals surface area (Å²) >= 11 is 0. The molecule has 18 heavy (non-hydrogen) atoms. The van der Waals surface area contributed by atoms with Gasteiger partial charge in [0.1, 0.15) is 0 Å². The molecule has 0 amide bonds. The van der Waals surface area contributed by atoms with Crippen LogP contribution in [0.2, 0.25) is 0 Å². The molecular weight excluding hydrogens is 258 g/mol. The first-order valence-corrected chi connectivity index (χ1v) is 6.87.